The molecule has 12 nitrogen and oxygen atoms in total. The van der Waals surface area contributed by atoms with E-state index in [-0.39, 0.29) is 23.6 Å². The van der Waals surface area contributed by atoms with E-state index in [0.717, 1.165) is 10.6 Å². The van der Waals surface area contributed by atoms with Crippen molar-refractivity contribution in [2.75, 3.05) is 57.1 Å². The first-order valence-electron chi connectivity index (χ1n) is 14.7. The number of fused-ring (bicyclic) bond motifs is 1. The van der Waals surface area contributed by atoms with Crippen LogP contribution in [0.15, 0.2) is 85.2 Å². The van der Waals surface area contributed by atoms with E-state index in [0.29, 0.717) is 28.3 Å². The Bertz CT molecular complexity index is 1770. The van der Waals surface area contributed by atoms with Gasteiger partial charge in [0.15, 0.2) is 11.5 Å². The predicted octanol–water partition coefficient (Wildman–Crippen LogP) is 4.11. The van der Waals surface area contributed by atoms with Crippen LogP contribution in [0.3, 0.4) is 0 Å². The summed E-state index contributed by atoms with van der Waals surface area (Å²) >= 11 is 0. The molecule has 1 aliphatic rings. The van der Waals surface area contributed by atoms with Crippen LogP contribution in [-0.4, -0.2) is 75.4 Å². The highest BCUT2D eigenvalue weighted by Gasteiger charge is 2.40. The number of nitrogens with one attached hydrogen (secondary N) is 1. The van der Waals surface area contributed by atoms with E-state index in [2.05, 4.69) is 10.3 Å². The van der Waals surface area contributed by atoms with Crippen LogP contribution in [0.1, 0.15) is 27.5 Å². The van der Waals surface area contributed by atoms with E-state index in [1.165, 1.54) is 26.2 Å². The highest BCUT2D eigenvalue weighted by molar-refractivity contribution is 6.52. The van der Waals surface area contributed by atoms with Gasteiger partial charge in [0.05, 0.1) is 32.6 Å². The summed E-state index contributed by atoms with van der Waals surface area (Å²) in [5, 5.41) is 2.94. The Labute approximate surface area is 272 Å². The molecule has 1 N–H and O–H groups in total. The van der Waals surface area contributed by atoms with Gasteiger partial charge in [-0.05, 0) is 65.7 Å². The quantitative estimate of drug-likeness (QED) is 0.228. The number of benzene rings is 3. The van der Waals surface area contributed by atoms with Crippen LogP contribution in [0.2, 0.25) is 0 Å². The minimum atomic E-state index is -1.27. The first-order chi connectivity index (χ1) is 22.7. The standard InChI is InChI=1S/C35H35N5O7/c1-38(2)25-14-12-24(13-15-25)37-34(43)31(23-17-28(45-3)33(47-5)29(18-23)46-4)40(20-22-9-8-16-36-19-22)30(41)21-39-27-11-7-6-10-26(27)32(42)35(39)44/h6-19,31H,20-21H2,1-5H3,(H,37,43)/t31-/m0/s1. The van der Waals surface area contributed by atoms with Gasteiger partial charge in [0.2, 0.25) is 11.7 Å². The number of ether oxygens (including phenoxy) is 3. The zero-order valence-corrected chi connectivity index (χ0v) is 26.7. The molecule has 1 atom stereocenters. The molecule has 0 bridgehead atoms. The van der Waals surface area contributed by atoms with Gasteiger partial charge in [-0.3, -0.25) is 29.1 Å². The second kappa shape index (κ2) is 14.0. The number of nitrogens with zero attached hydrogens (tertiary/aromatic N) is 4. The zero-order valence-electron chi connectivity index (χ0n) is 26.7. The molecule has 12 heteroatoms. The number of aromatic nitrogens is 1. The summed E-state index contributed by atoms with van der Waals surface area (Å²) < 4.78 is 16.7. The molecule has 3 aromatic carbocycles. The van der Waals surface area contributed by atoms with Crippen molar-refractivity contribution in [3.05, 3.63) is 102 Å². The number of carbonyl (C=O) groups excluding carboxylic acids is 4. The number of amides is 3. The first-order valence-corrected chi connectivity index (χ1v) is 14.7. The van der Waals surface area contributed by atoms with Gasteiger partial charge >= 0.3 is 0 Å². The van der Waals surface area contributed by atoms with E-state index in [9.17, 15) is 19.2 Å². The van der Waals surface area contributed by atoms with E-state index in [1.54, 1.807) is 73.1 Å². The highest BCUT2D eigenvalue weighted by Crippen LogP contribution is 2.41. The minimum absolute atomic E-state index is 0.0569. The summed E-state index contributed by atoms with van der Waals surface area (Å²) in [5.41, 5.74) is 2.95. The number of pyridine rings is 1. The smallest absolute Gasteiger partial charge is 0.299 e. The van der Waals surface area contributed by atoms with Gasteiger partial charge in [-0.2, -0.15) is 0 Å². The van der Waals surface area contributed by atoms with Crippen molar-refractivity contribution in [3.63, 3.8) is 0 Å². The van der Waals surface area contributed by atoms with Crippen LogP contribution < -0.4 is 29.3 Å². The van der Waals surface area contributed by atoms with E-state index >= 15 is 0 Å². The number of ketones is 1. The Hall–Kier alpha value is -5.91. The number of rotatable bonds is 12. The predicted molar refractivity (Wildman–Crippen MR) is 176 cm³/mol. The molecule has 0 radical (unpaired) electrons. The van der Waals surface area contributed by atoms with E-state index in [4.69, 9.17) is 14.2 Å². The molecule has 0 fully saturated rings. The molecule has 3 amide bonds. The van der Waals surface area contributed by atoms with Gasteiger partial charge in [0.25, 0.3) is 17.6 Å². The average molecular weight is 638 g/mol. The molecule has 242 valence electrons. The molecule has 0 saturated heterocycles. The van der Waals surface area contributed by atoms with Gasteiger partial charge < -0.3 is 29.3 Å². The third kappa shape index (κ3) is 6.71. The maximum absolute atomic E-state index is 14.4. The topological polar surface area (TPSA) is 131 Å². The molecule has 0 saturated carbocycles. The van der Waals surface area contributed by atoms with Crippen LogP contribution in [-0.2, 0) is 20.9 Å². The molecule has 1 aromatic heterocycles. The van der Waals surface area contributed by atoms with Gasteiger partial charge in [-0.15, -0.1) is 0 Å². The van der Waals surface area contributed by atoms with Gasteiger partial charge in [-0.25, -0.2) is 0 Å². The second-order valence-electron chi connectivity index (χ2n) is 10.9. The minimum Gasteiger partial charge on any atom is -0.493 e. The van der Waals surface area contributed by atoms with Crippen molar-refractivity contribution in [3.8, 4) is 17.2 Å². The molecule has 4 aromatic rings. The lowest BCUT2D eigenvalue weighted by molar-refractivity contribution is -0.139. The van der Waals surface area contributed by atoms with Crippen molar-refractivity contribution < 1.29 is 33.4 Å². The Balaban J connectivity index is 1.62. The lowest BCUT2D eigenvalue weighted by atomic mass is 10.0. The van der Waals surface area contributed by atoms with Gasteiger partial charge in [0.1, 0.15) is 12.6 Å². The summed E-state index contributed by atoms with van der Waals surface area (Å²) in [4.78, 5) is 63.2. The summed E-state index contributed by atoms with van der Waals surface area (Å²) in [6.45, 7) is -0.549. The summed E-state index contributed by atoms with van der Waals surface area (Å²) in [6, 6.07) is 19.2. The van der Waals surface area contributed by atoms with Crippen molar-refractivity contribution >= 4 is 40.6 Å². The second-order valence-corrected chi connectivity index (χ2v) is 10.9. The molecule has 1 aliphatic heterocycles. The maximum Gasteiger partial charge on any atom is 0.299 e. The van der Waals surface area contributed by atoms with E-state index < -0.39 is 36.1 Å². The number of methoxy groups -OCH3 is 3. The number of carbonyl (C=O) groups is 4. The average Bonchev–Trinajstić information content (AvgIpc) is 3.32. The van der Waals surface area contributed by atoms with Crippen LogP contribution in [0.5, 0.6) is 17.2 Å². The molecule has 0 spiro atoms. The molecule has 47 heavy (non-hydrogen) atoms. The Kier molecular flexibility index (Phi) is 9.69. The van der Waals surface area contributed by atoms with Gasteiger partial charge in [0, 0.05) is 44.4 Å². The molecular weight excluding hydrogens is 602 g/mol. The largest absolute Gasteiger partial charge is 0.493 e. The fourth-order valence-corrected chi connectivity index (χ4v) is 5.43. The highest BCUT2D eigenvalue weighted by atomic mass is 16.5. The van der Waals surface area contributed by atoms with Crippen LogP contribution in [0.4, 0.5) is 17.1 Å². The van der Waals surface area contributed by atoms with Crippen LogP contribution >= 0.6 is 0 Å². The van der Waals surface area contributed by atoms with Crippen LogP contribution in [0, 0.1) is 0 Å². The van der Waals surface area contributed by atoms with E-state index in [1.807, 2.05) is 31.1 Å². The summed E-state index contributed by atoms with van der Waals surface area (Å²) in [5.74, 6) is -1.80. The first kappa shape index (κ1) is 32.5. The lowest BCUT2D eigenvalue weighted by Crippen LogP contribution is -2.46. The number of hydrogen-bond acceptors (Lipinski definition) is 9. The Morgan fingerprint density at radius 2 is 1.57 bits per heavy atom. The third-order valence-corrected chi connectivity index (χ3v) is 7.78. The molecule has 0 unspecified atom stereocenters. The van der Waals surface area contributed by atoms with Crippen molar-refractivity contribution in [2.45, 2.75) is 12.6 Å². The number of Topliss-reactive ketones (excluding diaryl/α,β-unsaturated/α-hetero) is 1. The number of anilines is 3. The fourth-order valence-electron chi connectivity index (χ4n) is 5.43. The number of hydrogen-bond donors (Lipinski definition) is 1. The third-order valence-electron chi connectivity index (χ3n) is 7.78. The fraction of sp³-hybridized carbons (Fsp3) is 0.229. The molecule has 2 heterocycles. The van der Waals surface area contributed by atoms with Crippen molar-refractivity contribution in [2.24, 2.45) is 0 Å². The zero-order chi connectivity index (χ0) is 33.7. The van der Waals surface area contributed by atoms with Crippen molar-refractivity contribution in [1.29, 1.82) is 0 Å². The SMILES string of the molecule is COc1cc([C@@H](C(=O)Nc2ccc(N(C)C)cc2)N(Cc2cccnc2)C(=O)CN2C(=O)C(=O)c3ccccc32)cc(OC)c1OC. The molecule has 0 aliphatic carbocycles. The Morgan fingerprint density at radius 3 is 2.17 bits per heavy atom. The molecular formula is C35H35N5O7. The Morgan fingerprint density at radius 1 is 0.894 bits per heavy atom. The number of para-hydroxylation sites is 1. The van der Waals surface area contributed by atoms with Crippen LogP contribution in [0.25, 0.3) is 0 Å². The normalized spacial score (nSPS) is 12.7. The summed E-state index contributed by atoms with van der Waals surface area (Å²) in [6.07, 6.45) is 3.19. The lowest BCUT2D eigenvalue weighted by Gasteiger charge is -2.33. The van der Waals surface area contributed by atoms with Gasteiger partial charge in [-0.1, -0.05) is 18.2 Å². The van der Waals surface area contributed by atoms with Crippen molar-refractivity contribution in [1.82, 2.24) is 9.88 Å². The monoisotopic (exact) mass is 637 g/mol. The summed E-state index contributed by atoms with van der Waals surface area (Å²) in [7, 11) is 8.19. The molecule has 5 rings (SSSR count). The maximum atomic E-state index is 14.4.